The molecule has 0 atom stereocenters. The minimum Gasteiger partial charge on any atom is -0.319 e. The van der Waals surface area contributed by atoms with Crippen molar-refractivity contribution in [2.24, 2.45) is 0 Å². The van der Waals surface area contributed by atoms with E-state index in [1.54, 1.807) is 31.2 Å². The first-order chi connectivity index (χ1) is 13.9. The van der Waals surface area contributed by atoms with Crippen molar-refractivity contribution < 1.29 is 22.8 Å². The van der Waals surface area contributed by atoms with Crippen LogP contribution in [0.4, 0.5) is 24.5 Å². The van der Waals surface area contributed by atoms with Crippen molar-refractivity contribution in [1.29, 1.82) is 0 Å². The Kier molecular flexibility index (Phi) is 5.92. The van der Waals surface area contributed by atoms with E-state index < -0.39 is 35.0 Å². The number of hydrogen-bond acceptors (Lipinski definition) is 3. The molecule has 0 radical (unpaired) electrons. The number of nitrogens with one attached hydrogen (secondary N) is 1. The summed E-state index contributed by atoms with van der Waals surface area (Å²) in [5.74, 6) is -5.78. The molecule has 3 aromatic rings. The largest absolute Gasteiger partial charge is 0.319 e. The minimum atomic E-state index is -1.69. The summed E-state index contributed by atoms with van der Waals surface area (Å²) in [6, 6.07) is 13.1. The molecule has 0 fully saturated rings. The number of nitrogens with zero attached hydrogens (tertiary/aromatic N) is 2. The molecule has 0 aliphatic carbocycles. The number of halogens is 3. The molecule has 0 unspecified atom stereocenters. The Morgan fingerprint density at radius 2 is 1.72 bits per heavy atom. The fraction of sp³-hybridized carbons (Fsp3) is 0.0952. The molecule has 2 amide bonds. The molecule has 1 heterocycles. The Hall–Kier alpha value is -3.68. The predicted octanol–water partition coefficient (Wildman–Crippen LogP) is 4.42. The lowest BCUT2D eigenvalue weighted by Crippen LogP contribution is -2.31. The van der Waals surface area contributed by atoms with Gasteiger partial charge in [0.1, 0.15) is 5.69 Å². The quantitative estimate of drug-likeness (QED) is 0.646. The molecule has 3 rings (SSSR count). The zero-order valence-corrected chi connectivity index (χ0v) is 15.3. The lowest BCUT2D eigenvalue weighted by Gasteiger charge is -2.20. The van der Waals surface area contributed by atoms with Crippen LogP contribution in [0.3, 0.4) is 0 Å². The third-order valence-corrected chi connectivity index (χ3v) is 4.15. The number of rotatable bonds is 5. The molecular formula is C21H16F3N3O2. The predicted molar refractivity (Wildman–Crippen MR) is 102 cm³/mol. The topological polar surface area (TPSA) is 62.3 Å². The van der Waals surface area contributed by atoms with Gasteiger partial charge in [-0.25, -0.2) is 13.2 Å². The van der Waals surface area contributed by atoms with Gasteiger partial charge in [-0.15, -0.1) is 0 Å². The van der Waals surface area contributed by atoms with Gasteiger partial charge in [-0.05, 0) is 43.3 Å². The first kappa shape index (κ1) is 20.1. The maximum Gasteiger partial charge on any atom is 0.276 e. The number of pyridine rings is 1. The summed E-state index contributed by atoms with van der Waals surface area (Å²) in [7, 11) is 0. The monoisotopic (exact) mass is 399 g/mol. The van der Waals surface area contributed by atoms with E-state index in [0.717, 1.165) is 6.07 Å². The SMILES string of the molecule is CCN(C(=O)c1cc(C(=O)Nc2ccc(F)c(F)c2F)ccn1)c1ccccc1. The minimum absolute atomic E-state index is 0.00844. The van der Waals surface area contributed by atoms with Crippen molar-refractivity contribution in [3.8, 4) is 0 Å². The molecule has 148 valence electrons. The van der Waals surface area contributed by atoms with E-state index in [-0.39, 0.29) is 11.3 Å². The summed E-state index contributed by atoms with van der Waals surface area (Å²) in [5.41, 5.74) is 0.171. The standard InChI is InChI=1S/C21H16F3N3O2/c1-2-27(14-6-4-3-5-7-14)21(29)17-12-13(10-11-25-17)20(28)26-16-9-8-15(22)18(23)19(16)24/h3-12H,2H2,1H3,(H,26,28). The van der Waals surface area contributed by atoms with Crippen LogP contribution in [-0.4, -0.2) is 23.3 Å². The maximum atomic E-state index is 13.8. The van der Waals surface area contributed by atoms with Gasteiger partial charge in [0.05, 0.1) is 5.69 Å². The number of benzene rings is 2. The summed E-state index contributed by atoms with van der Waals surface area (Å²) < 4.78 is 40.2. The van der Waals surface area contributed by atoms with Crippen molar-refractivity contribution in [1.82, 2.24) is 4.98 Å². The number of hydrogen-bond donors (Lipinski definition) is 1. The van der Waals surface area contributed by atoms with Crippen LogP contribution in [0, 0.1) is 17.5 Å². The van der Waals surface area contributed by atoms with Crippen molar-refractivity contribution in [2.75, 3.05) is 16.8 Å². The number of carbonyl (C=O) groups excluding carboxylic acids is 2. The molecule has 29 heavy (non-hydrogen) atoms. The highest BCUT2D eigenvalue weighted by Gasteiger charge is 2.20. The van der Waals surface area contributed by atoms with Crippen molar-refractivity contribution >= 4 is 23.2 Å². The van der Waals surface area contributed by atoms with Gasteiger partial charge in [0, 0.05) is 24.0 Å². The lowest BCUT2D eigenvalue weighted by atomic mass is 10.1. The van der Waals surface area contributed by atoms with Crippen LogP contribution in [-0.2, 0) is 0 Å². The third-order valence-electron chi connectivity index (χ3n) is 4.15. The Bertz CT molecular complexity index is 1060. The average molecular weight is 399 g/mol. The van der Waals surface area contributed by atoms with Gasteiger partial charge in [0.25, 0.3) is 11.8 Å². The Morgan fingerprint density at radius 3 is 2.41 bits per heavy atom. The first-order valence-electron chi connectivity index (χ1n) is 8.70. The number of carbonyl (C=O) groups is 2. The summed E-state index contributed by atoms with van der Waals surface area (Å²) in [4.78, 5) is 30.7. The Morgan fingerprint density at radius 1 is 1.00 bits per heavy atom. The molecule has 0 saturated heterocycles. The van der Waals surface area contributed by atoms with Gasteiger partial charge >= 0.3 is 0 Å². The average Bonchev–Trinajstić information content (AvgIpc) is 2.75. The van der Waals surface area contributed by atoms with Crippen LogP contribution in [0.15, 0.2) is 60.8 Å². The van der Waals surface area contributed by atoms with Crippen LogP contribution in [0.25, 0.3) is 0 Å². The van der Waals surface area contributed by atoms with Crippen molar-refractivity contribution in [2.45, 2.75) is 6.92 Å². The van der Waals surface area contributed by atoms with Crippen LogP contribution in [0.2, 0.25) is 0 Å². The summed E-state index contributed by atoms with van der Waals surface area (Å²) in [6.07, 6.45) is 1.27. The molecule has 1 N–H and O–H groups in total. The van der Waals surface area contributed by atoms with Crippen LogP contribution in [0.5, 0.6) is 0 Å². The highest BCUT2D eigenvalue weighted by Crippen LogP contribution is 2.21. The van der Waals surface area contributed by atoms with Gasteiger partial charge in [0.15, 0.2) is 17.5 Å². The molecule has 2 aromatic carbocycles. The van der Waals surface area contributed by atoms with E-state index in [2.05, 4.69) is 10.3 Å². The first-order valence-corrected chi connectivity index (χ1v) is 8.70. The van der Waals surface area contributed by atoms with Crippen molar-refractivity contribution in [3.05, 3.63) is 89.5 Å². The second-order valence-corrected chi connectivity index (χ2v) is 5.99. The number of aromatic nitrogens is 1. The van der Waals surface area contributed by atoms with E-state index in [0.29, 0.717) is 18.3 Å². The van der Waals surface area contributed by atoms with Gasteiger partial charge in [0.2, 0.25) is 0 Å². The fourth-order valence-corrected chi connectivity index (χ4v) is 2.70. The second kappa shape index (κ2) is 8.55. The molecule has 8 heteroatoms. The summed E-state index contributed by atoms with van der Waals surface area (Å²) >= 11 is 0. The Labute approximate surface area is 164 Å². The number of anilines is 2. The summed E-state index contributed by atoms with van der Waals surface area (Å²) in [5, 5.41) is 2.16. The van der Waals surface area contributed by atoms with Crippen LogP contribution < -0.4 is 10.2 Å². The smallest absolute Gasteiger partial charge is 0.276 e. The molecule has 0 spiro atoms. The third kappa shape index (κ3) is 4.26. The zero-order chi connectivity index (χ0) is 21.0. The van der Waals surface area contributed by atoms with Gasteiger partial charge in [-0.1, -0.05) is 18.2 Å². The molecule has 0 aliphatic heterocycles. The summed E-state index contributed by atoms with van der Waals surface area (Å²) in [6.45, 7) is 2.17. The Balaban J connectivity index is 1.84. The van der Waals surface area contributed by atoms with Crippen molar-refractivity contribution in [3.63, 3.8) is 0 Å². The molecule has 0 aliphatic rings. The molecule has 0 bridgehead atoms. The van der Waals surface area contributed by atoms with Gasteiger partial charge in [-0.2, -0.15) is 0 Å². The van der Waals surface area contributed by atoms with Crippen LogP contribution >= 0.6 is 0 Å². The van der Waals surface area contributed by atoms with E-state index in [1.165, 1.54) is 23.2 Å². The second-order valence-electron chi connectivity index (χ2n) is 5.99. The maximum absolute atomic E-state index is 13.8. The van der Waals surface area contributed by atoms with Crippen LogP contribution in [0.1, 0.15) is 27.8 Å². The molecule has 1 aromatic heterocycles. The number of para-hydroxylation sites is 1. The normalized spacial score (nSPS) is 10.5. The van der Waals surface area contributed by atoms with E-state index >= 15 is 0 Å². The van der Waals surface area contributed by atoms with E-state index in [1.807, 2.05) is 6.07 Å². The highest BCUT2D eigenvalue weighted by molar-refractivity contribution is 6.08. The molecular weight excluding hydrogens is 383 g/mol. The lowest BCUT2D eigenvalue weighted by molar-refractivity contribution is 0.0983. The zero-order valence-electron chi connectivity index (χ0n) is 15.3. The van der Waals surface area contributed by atoms with E-state index in [4.69, 9.17) is 0 Å². The molecule has 5 nitrogen and oxygen atoms in total. The molecule has 0 saturated carbocycles. The number of amides is 2. The van der Waals surface area contributed by atoms with Gasteiger partial charge in [-0.3, -0.25) is 14.6 Å². The van der Waals surface area contributed by atoms with E-state index in [9.17, 15) is 22.8 Å². The van der Waals surface area contributed by atoms with Gasteiger partial charge < -0.3 is 10.2 Å². The highest BCUT2D eigenvalue weighted by atomic mass is 19.2. The fourth-order valence-electron chi connectivity index (χ4n) is 2.70.